The zero-order valence-corrected chi connectivity index (χ0v) is 9.55. The predicted octanol–water partition coefficient (Wildman–Crippen LogP) is 1.49. The molecule has 3 heteroatoms. The Bertz CT molecular complexity index is 232. The van der Waals surface area contributed by atoms with Crippen LogP contribution in [0.15, 0.2) is 11.6 Å². The van der Waals surface area contributed by atoms with Gasteiger partial charge >= 0.3 is 0 Å². The third-order valence-electron chi connectivity index (χ3n) is 3.13. The van der Waals surface area contributed by atoms with Gasteiger partial charge in [-0.15, -0.1) is 0 Å². The van der Waals surface area contributed by atoms with Gasteiger partial charge in [0, 0.05) is 19.7 Å². The predicted molar refractivity (Wildman–Crippen MR) is 60.0 cm³/mol. The number of nitrogens with one attached hydrogen (secondary N) is 1. The Balaban J connectivity index is 1.67. The molecule has 0 aliphatic carbocycles. The lowest BCUT2D eigenvalue weighted by atomic mass is 10.0. The van der Waals surface area contributed by atoms with Gasteiger partial charge in [-0.1, -0.05) is 6.08 Å². The van der Waals surface area contributed by atoms with E-state index in [-0.39, 0.29) is 5.60 Å². The highest BCUT2D eigenvalue weighted by Crippen LogP contribution is 2.23. The maximum Gasteiger partial charge on any atom is 0.0779 e. The van der Waals surface area contributed by atoms with E-state index in [2.05, 4.69) is 18.3 Å². The molecule has 2 aliphatic heterocycles. The first-order valence-corrected chi connectivity index (χ1v) is 5.89. The lowest BCUT2D eigenvalue weighted by Crippen LogP contribution is -2.38. The van der Waals surface area contributed by atoms with Crippen LogP contribution in [0.4, 0.5) is 0 Å². The van der Waals surface area contributed by atoms with Gasteiger partial charge in [0.15, 0.2) is 0 Å². The Kier molecular flexibility index (Phi) is 3.78. The smallest absolute Gasteiger partial charge is 0.0779 e. The van der Waals surface area contributed by atoms with Crippen LogP contribution in [0.5, 0.6) is 0 Å². The Labute approximate surface area is 91.8 Å². The summed E-state index contributed by atoms with van der Waals surface area (Å²) in [6.45, 7) is 6.68. The molecule has 0 amide bonds. The lowest BCUT2D eigenvalue weighted by molar-refractivity contribution is 0.0212. The molecule has 86 valence electrons. The van der Waals surface area contributed by atoms with Crippen LogP contribution in [0, 0.1) is 0 Å². The quantitative estimate of drug-likeness (QED) is 0.715. The fourth-order valence-corrected chi connectivity index (χ4v) is 2.20. The van der Waals surface area contributed by atoms with Crippen molar-refractivity contribution in [2.45, 2.75) is 31.8 Å². The highest BCUT2D eigenvalue weighted by molar-refractivity contribution is 5.07. The molecule has 0 aromatic carbocycles. The summed E-state index contributed by atoms with van der Waals surface area (Å²) in [7, 11) is 0. The second kappa shape index (κ2) is 5.10. The maximum absolute atomic E-state index is 5.72. The van der Waals surface area contributed by atoms with Crippen LogP contribution in [0.2, 0.25) is 0 Å². The SMILES string of the molecule is CC1(CNCC2=CCCOC2)CCCO1. The van der Waals surface area contributed by atoms with E-state index < -0.39 is 0 Å². The number of rotatable bonds is 4. The zero-order chi connectivity index (χ0) is 10.6. The molecule has 2 aliphatic rings. The lowest BCUT2D eigenvalue weighted by Gasteiger charge is -2.24. The molecule has 1 unspecified atom stereocenters. The van der Waals surface area contributed by atoms with E-state index in [4.69, 9.17) is 9.47 Å². The first-order chi connectivity index (χ1) is 7.29. The van der Waals surface area contributed by atoms with Crippen molar-refractivity contribution in [3.8, 4) is 0 Å². The van der Waals surface area contributed by atoms with Crippen molar-refractivity contribution in [1.29, 1.82) is 0 Å². The summed E-state index contributed by atoms with van der Waals surface area (Å²) in [5.74, 6) is 0. The molecule has 0 aromatic rings. The first-order valence-electron chi connectivity index (χ1n) is 5.89. The standard InChI is InChI=1S/C12H21NO2/c1-12(5-3-7-15-12)10-13-8-11-4-2-6-14-9-11/h4,13H,2-3,5-10H2,1H3. The second-order valence-corrected chi connectivity index (χ2v) is 4.71. The summed E-state index contributed by atoms with van der Waals surface area (Å²) in [4.78, 5) is 0. The highest BCUT2D eigenvalue weighted by atomic mass is 16.5. The molecule has 0 spiro atoms. The van der Waals surface area contributed by atoms with Gasteiger partial charge in [-0.3, -0.25) is 0 Å². The Morgan fingerprint density at radius 2 is 2.40 bits per heavy atom. The van der Waals surface area contributed by atoms with Crippen molar-refractivity contribution in [1.82, 2.24) is 5.32 Å². The van der Waals surface area contributed by atoms with Crippen molar-refractivity contribution in [2.75, 3.05) is 32.9 Å². The average Bonchev–Trinajstić information content (AvgIpc) is 2.67. The van der Waals surface area contributed by atoms with E-state index in [9.17, 15) is 0 Å². The van der Waals surface area contributed by atoms with Gasteiger partial charge < -0.3 is 14.8 Å². The summed E-state index contributed by atoms with van der Waals surface area (Å²) in [6, 6.07) is 0. The molecule has 2 rings (SSSR count). The van der Waals surface area contributed by atoms with Gasteiger partial charge in [-0.2, -0.15) is 0 Å². The fraction of sp³-hybridized carbons (Fsp3) is 0.833. The molecule has 2 heterocycles. The third kappa shape index (κ3) is 3.30. The van der Waals surface area contributed by atoms with Gasteiger partial charge in [0.1, 0.15) is 0 Å². The average molecular weight is 211 g/mol. The molecule has 0 bridgehead atoms. The second-order valence-electron chi connectivity index (χ2n) is 4.71. The third-order valence-corrected chi connectivity index (χ3v) is 3.13. The largest absolute Gasteiger partial charge is 0.377 e. The van der Waals surface area contributed by atoms with Crippen LogP contribution in [0.1, 0.15) is 26.2 Å². The van der Waals surface area contributed by atoms with E-state index in [0.29, 0.717) is 0 Å². The van der Waals surface area contributed by atoms with Crippen molar-refractivity contribution < 1.29 is 9.47 Å². The maximum atomic E-state index is 5.72. The van der Waals surface area contributed by atoms with Crippen molar-refractivity contribution >= 4 is 0 Å². The van der Waals surface area contributed by atoms with Crippen LogP contribution in [-0.2, 0) is 9.47 Å². The molecule has 3 nitrogen and oxygen atoms in total. The Hall–Kier alpha value is -0.380. The van der Waals surface area contributed by atoms with E-state index in [0.717, 1.165) is 39.3 Å². The zero-order valence-electron chi connectivity index (χ0n) is 9.55. The molecule has 1 atom stereocenters. The van der Waals surface area contributed by atoms with Crippen LogP contribution >= 0.6 is 0 Å². The van der Waals surface area contributed by atoms with Gasteiger partial charge in [0.05, 0.1) is 18.8 Å². The molecule has 1 fully saturated rings. The van der Waals surface area contributed by atoms with E-state index in [1.54, 1.807) is 0 Å². The first kappa shape index (κ1) is 11.1. The van der Waals surface area contributed by atoms with Crippen molar-refractivity contribution in [2.24, 2.45) is 0 Å². The van der Waals surface area contributed by atoms with Gasteiger partial charge in [0.2, 0.25) is 0 Å². The topological polar surface area (TPSA) is 30.5 Å². The number of ether oxygens (including phenoxy) is 2. The normalized spacial score (nSPS) is 31.7. The van der Waals surface area contributed by atoms with E-state index in [1.165, 1.54) is 18.4 Å². The number of hydrogen-bond acceptors (Lipinski definition) is 3. The van der Waals surface area contributed by atoms with Crippen LogP contribution < -0.4 is 5.32 Å². The van der Waals surface area contributed by atoms with Crippen LogP contribution in [-0.4, -0.2) is 38.5 Å². The van der Waals surface area contributed by atoms with Crippen molar-refractivity contribution in [3.63, 3.8) is 0 Å². The summed E-state index contributed by atoms with van der Waals surface area (Å²) in [5.41, 5.74) is 1.44. The molecule has 0 saturated carbocycles. The molecular formula is C12H21NO2. The summed E-state index contributed by atoms with van der Waals surface area (Å²) in [5, 5.41) is 3.46. The summed E-state index contributed by atoms with van der Waals surface area (Å²) in [6.07, 6.45) is 5.72. The van der Waals surface area contributed by atoms with Crippen LogP contribution in [0.25, 0.3) is 0 Å². The molecule has 0 radical (unpaired) electrons. The van der Waals surface area contributed by atoms with E-state index in [1.807, 2.05) is 0 Å². The van der Waals surface area contributed by atoms with Gasteiger partial charge in [0.25, 0.3) is 0 Å². The monoisotopic (exact) mass is 211 g/mol. The molecule has 0 aromatic heterocycles. The molecule has 15 heavy (non-hydrogen) atoms. The fourth-order valence-electron chi connectivity index (χ4n) is 2.20. The van der Waals surface area contributed by atoms with Crippen LogP contribution in [0.3, 0.4) is 0 Å². The minimum atomic E-state index is 0.0656. The summed E-state index contributed by atoms with van der Waals surface area (Å²) >= 11 is 0. The molecular weight excluding hydrogens is 190 g/mol. The summed E-state index contributed by atoms with van der Waals surface area (Å²) < 4.78 is 11.1. The highest BCUT2D eigenvalue weighted by Gasteiger charge is 2.28. The molecule has 1 N–H and O–H groups in total. The van der Waals surface area contributed by atoms with Gasteiger partial charge in [-0.25, -0.2) is 0 Å². The van der Waals surface area contributed by atoms with Gasteiger partial charge in [-0.05, 0) is 31.8 Å². The minimum Gasteiger partial charge on any atom is -0.377 e. The Morgan fingerprint density at radius 3 is 3.07 bits per heavy atom. The Morgan fingerprint density at radius 1 is 1.47 bits per heavy atom. The van der Waals surface area contributed by atoms with Crippen molar-refractivity contribution in [3.05, 3.63) is 11.6 Å². The van der Waals surface area contributed by atoms with E-state index >= 15 is 0 Å². The minimum absolute atomic E-state index is 0.0656. The molecule has 1 saturated heterocycles. The number of hydrogen-bond donors (Lipinski definition) is 1.